The summed E-state index contributed by atoms with van der Waals surface area (Å²) in [6.07, 6.45) is 2.54. The highest BCUT2D eigenvalue weighted by atomic mass is 16.1. The molecule has 0 aliphatic rings. The minimum absolute atomic E-state index is 0.449. The summed E-state index contributed by atoms with van der Waals surface area (Å²) in [6, 6.07) is 13.3. The molecule has 1 aromatic carbocycles. The molecular formula is C14H11NO. The molecule has 0 spiro atoms. The Bertz CT molecular complexity index is 515. The number of aromatic nitrogens is 1. The van der Waals surface area contributed by atoms with Crippen molar-refractivity contribution in [2.45, 2.75) is 0 Å². The quantitative estimate of drug-likeness (QED) is 0.726. The fraction of sp³-hybridized carbons (Fsp3) is 0. The molecule has 1 heterocycles. The molecule has 0 bridgehead atoms. The van der Waals surface area contributed by atoms with Crippen molar-refractivity contribution in [1.82, 2.24) is 4.98 Å². The van der Waals surface area contributed by atoms with Gasteiger partial charge in [0.25, 0.3) is 0 Å². The minimum Gasteiger partial charge on any atom is -0.296 e. The van der Waals surface area contributed by atoms with Gasteiger partial charge in [-0.1, -0.05) is 43.0 Å². The van der Waals surface area contributed by atoms with Crippen molar-refractivity contribution in [3.05, 3.63) is 60.3 Å². The molecule has 0 aliphatic carbocycles. The van der Waals surface area contributed by atoms with Gasteiger partial charge in [0.1, 0.15) is 5.69 Å². The van der Waals surface area contributed by atoms with Crippen molar-refractivity contribution in [1.29, 1.82) is 0 Å². The van der Waals surface area contributed by atoms with Crippen LogP contribution in [0, 0.1) is 0 Å². The lowest BCUT2D eigenvalue weighted by Crippen LogP contribution is -1.89. The number of pyridine rings is 1. The lowest BCUT2D eigenvalue weighted by Gasteiger charge is -2.01. The maximum atomic E-state index is 10.6. The Hall–Kier alpha value is -2.22. The maximum Gasteiger partial charge on any atom is 0.168 e. The Balaban J connectivity index is 2.41. The molecule has 1 aromatic heterocycles. The third-order valence-electron chi connectivity index (χ3n) is 2.33. The molecule has 16 heavy (non-hydrogen) atoms. The first-order valence-electron chi connectivity index (χ1n) is 4.98. The predicted octanol–water partition coefficient (Wildman–Crippen LogP) is 3.20. The van der Waals surface area contributed by atoms with E-state index in [2.05, 4.69) is 11.6 Å². The second-order valence-corrected chi connectivity index (χ2v) is 3.39. The van der Waals surface area contributed by atoms with Crippen LogP contribution in [-0.4, -0.2) is 11.3 Å². The Morgan fingerprint density at radius 1 is 1.06 bits per heavy atom. The molecule has 0 aliphatic heterocycles. The largest absolute Gasteiger partial charge is 0.296 e. The van der Waals surface area contributed by atoms with E-state index in [4.69, 9.17) is 0 Å². The predicted molar refractivity (Wildman–Crippen MR) is 65.2 cm³/mol. The molecule has 78 valence electrons. The lowest BCUT2D eigenvalue weighted by atomic mass is 10.1. The van der Waals surface area contributed by atoms with Crippen molar-refractivity contribution in [2.24, 2.45) is 0 Å². The van der Waals surface area contributed by atoms with Crippen molar-refractivity contribution in [3.8, 4) is 11.3 Å². The fourth-order valence-electron chi connectivity index (χ4n) is 1.47. The second-order valence-electron chi connectivity index (χ2n) is 3.39. The zero-order valence-electron chi connectivity index (χ0n) is 8.76. The van der Waals surface area contributed by atoms with Crippen LogP contribution in [0.5, 0.6) is 0 Å². The van der Waals surface area contributed by atoms with Gasteiger partial charge in [-0.3, -0.25) is 4.79 Å². The normalized spacial score (nSPS) is 9.75. The molecule has 0 saturated carbocycles. The van der Waals surface area contributed by atoms with Crippen LogP contribution in [0.25, 0.3) is 17.3 Å². The lowest BCUT2D eigenvalue weighted by molar-refractivity contribution is 0.111. The van der Waals surface area contributed by atoms with Crippen molar-refractivity contribution in [3.63, 3.8) is 0 Å². The number of hydrogen-bond acceptors (Lipinski definition) is 2. The highest BCUT2D eigenvalue weighted by molar-refractivity contribution is 5.74. The van der Waals surface area contributed by atoms with Crippen LogP contribution in [0.4, 0.5) is 0 Å². The summed E-state index contributed by atoms with van der Waals surface area (Å²) in [5.74, 6) is 0. The molecule has 0 atom stereocenters. The van der Waals surface area contributed by atoms with Gasteiger partial charge in [-0.05, 0) is 17.7 Å². The summed E-state index contributed by atoms with van der Waals surface area (Å²) in [7, 11) is 0. The Morgan fingerprint density at radius 2 is 1.81 bits per heavy atom. The van der Waals surface area contributed by atoms with E-state index >= 15 is 0 Å². The average Bonchev–Trinajstić information content (AvgIpc) is 2.39. The number of rotatable bonds is 3. The molecule has 0 saturated heterocycles. The van der Waals surface area contributed by atoms with Crippen LogP contribution >= 0.6 is 0 Å². The van der Waals surface area contributed by atoms with Crippen LogP contribution in [0.15, 0.2) is 49.0 Å². The molecule has 2 nitrogen and oxygen atoms in total. The minimum atomic E-state index is 0.449. The van der Waals surface area contributed by atoms with E-state index in [0.29, 0.717) is 5.69 Å². The fourth-order valence-corrected chi connectivity index (χ4v) is 1.47. The molecule has 0 N–H and O–H groups in total. The summed E-state index contributed by atoms with van der Waals surface area (Å²) >= 11 is 0. The highest BCUT2D eigenvalue weighted by Gasteiger charge is 1.99. The first-order chi connectivity index (χ1) is 7.83. The van der Waals surface area contributed by atoms with Crippen LogP contribution in [0.3, 0.4) is 0 Å². The van der Waals surface area contributed by atoms with Crippen LogP contribution < -0.4 is 0 Å². The van der Waals surface area contributed by atoms with Crippen LogP contribution in [0.1, 0.15) is 16.1 Å². The Labute approximate surface area is 94.3 Å². The molecular weight excluding hydrogens is 198 g/mol. The van der Waals surface area contributed by atoms with Gasteiger partial charge < -0.3 is 0 Å². The van der Waals surface area contributed by atoms with E-state index in [1.165, 1.54) is 0 Å². The summed E-state index contributed by atoms with van der Waals surface area (Å²) in [6.45, 7) is 3.70. The summed E-state index contributed by atoms with van der Waals surface area (Å²) < 4.78 is 0. The van der Waals surface area contributed by atoms with E-state index in [1.807, 2.05) is 36.4 Å². The number of carbonyl (C=O) groups is 1. The molecule has 2 heteroatoms. The van der Waals surface area contributed by atoms with E-state index in [1.54, 1.807) is 12.1 Å². The van der Waals surface area contributed by atoms with Crippen molar-refractivity contribution in [2.75, 3.05) is 0 Å². The van der Waals surface area contributed by atoms with Gasteiger partial charge in [-0.2, -0.15) is 0 Å². The van der Waals surface area contributed by atoms with E-state index in [0.717, 1.165) is 23.1 Å². The molecule has 2 aromatic rings. The van der Waals surface area contributed by atoms with Gasteiger partial charge in [0.05, 0.1) is 5.69 Å². The first-order valence-corrected chi connectivity index (χ1v) is 4.98. The SMILES string of the molecule is C=Cc1ccc(-c2cccc(C=O)n2)cc1. The molecule has 2 rings (SSSR count). The number of aldehydes is 1. The van der Waals surface area contributed by atoms with Gasteiger partial charge in [-0.25, -0.2) is 4.98 Å². The van der Waals surface area contributed by atoms with Gasteiger partial charge in [0, 0.05) is 5.56 Å². The zero-order valence-corrected chi connectivity index (χ0v) is 8.76. The maximum absolute atomic E-state index is 10.6. The summed E-state index contributed by atoms with van der Waals surface area (Å²) in [4.78, 5) is 14.8. The topological polar surface area (TPSA) is 30.0 Å². The third-order valence-corrected chi connectivity index (χ3v) is 2.33. The van der Waals surface area contributed by atoms with E-state index in [9.17, 15) is 4.79 Å². The second kappa shape index (κ2) is 4.53. The molecule has 0 unspecified atom stereocenters. The smallest absolute Gasteiger partial charge is 0.168 e. The Morgan fingerprint density at radius 3 is 2.44 bits per heavy atom. The van der Waals surface area contributed by atoms with Crippen LogP contribution in [0.2, 0.25) is 0 Å². The number of hydrogen-bond donors (Lipinski definition) is 0. The van der Waals surface area contributed by atoms with Crippen molar-refractivity contribution < 1.29 is 4.79 Å². The standard InChI is InChI=1S/C14H11NO/c1-2-11-6-8-12(9-7-11)14-5-3-4-13(10-16)15-14/h2-10H,1H2. The van der Waals surface area contributed by atoms with E-state index in [-0.39, 0.29) is 0 Å². The van der Waals surface area contributed by atoms with Crippen molar-refractivity contribution >= 4 is 12.4 Å². The molecule has 0 radical (unpaired) electrons. The Kier molecular flexibility index (Phi) is 2.92. The zero-order chi connectivity index (χ0) is 11.4. The van der Waals surface area contributed by atoms with Crippen LogP contribution in [-0.2, 0) is 0 Å². The number of benzene rings is 1. The van der Waals surface area contributed by atoms with E-state index < -0.39 is 0 Å². The van der Waals surface area contributed by atoms with Gasteiger partial charge in [0.15, 0.2) is 6.29 Å². The molecule has 0 amide bonds. The van der Waals surface area contributed by atoms with Gasteiger partial charge in [0.2, 0.25) is 0 Å². The third kappa shape index (κ3) is 2.06. The molecule has 0 fully saturated rings. The van der Waals surface area contributed by atoms with Gasteiger partial charge in [-0.15, -0.1) is 0 Å². The highest BCUT2D eigenvalue weighted by Crippen LogP contribution is 2.17. The summed E-state index contributed by atoms with van der Waals surface area (Å²) in [5.41, 5.74) is 3.31. The summed E-state index contributed by atoms with van der Waals surface area (Å²) in [5, 5.41) is 0. The number of carbonyl (C=O) groups excluding carboxylic acids is 1. The monoisotopic (exact) mass is 209 g/mol. The average molecular weight is 209 g/mol. The van der Waals surface area contributed by atoms with Gasteiger partial charge >= 0.3 is 0 Å². The number of nitrogens with zero attached hydrogens (tertiary/aromatic N) is 1. The first kappa shape index (κ1) is 10.3.